The van der Waals surface area contributed by atoms with Gasteiger partial charge < -0.3 is 24.3 Å². The Labute approximate surface area is 197 Å². The van der Waals surface area contributed by atoms with Gasteiger partial charge in [0.05, 0.1) is 7.11 Å². The number of hydrogen-bond acceptors (Lipinski definition) is 4. The minimum atomic E-state index is -0.0981. The summed E-state index contributed by atoms with van der Waals surface area (Å²) in [6.07, 6.45) is 12.7. The number of aldehydes is 1. The molecule has 1 N–H and O–H groups in total. The van der Waals surface area contributed by atoms with Crippen LogP contribution in [0, 0.1) is 11.8 Å². The average molecular weight is 454 g/mol. The van der Waals surface area contributed by atoms with E-state index in [4.69, 9.17) is 4.74 Å². The molecule has 1 saturated heterocycles. The number of carbonyl (C=O) groups excluding carboxylic acids is 2. The Morgan fingerprint density at radius 1 is 1.21 bits per heavy atom. The van der Waals surface area contributed by atoms with E-state index in [2.05, 4.69) is 28.2 Å². The maximum atomic E-state index is 12.8. The molecule has 6 heteroatoms. The predicted octanol–water partition coefficient (Wildman–Crippen LogP) is 4.43. The fourth-order valence-corrected chi connectivity index (χ4v) is 5.81. The third-order valence-electron chi connectivity index (χ3n) is 7.81. The fraction of sp³-hybridized carbons (Fsp3) is 0.630. The van der Waals surface area contributed by atoms with E-state index in [-0.39, 0.29) is 17.7 Å². The van der Waals surface area contributed by atoms with Crippen LogP contribution in [-0.2, 0) is 16.0 Å². The number of nitrogens with one attached hydrogen (secondary N) is 1. The van der Waals surface area contributed by atoms with E-state index in [0.29, 0.717) is 6.04 Å². The molecule has 0 bridgehead atoms. The third kappa shape index (κ3) is 5.60. The van der Waals surface area contributed by atoms with Gasteiger partial charge >= 0.3 is 0 Å². The van der Waals surface area contributed by atoms with Crippen LogP contribution in [0.1, 0.15) is 56.9 Å². The monoisotopic (exact) mass is 453 g/mol. The molecule has 2 heterocycles. The number of unbranched alkanes of at least 4 members (excludes halogenated alkanes) is 1. The van der Waals surface area contributed by atoms with E-state index in [1.165, 1.54) is 23.8 Å². The second-order valence-corrected chi connectivity index (χ2v) is 9.92. The molecule has 6 nitrogen and oxygen atoms in total. The smallest absolute Gasteiger partial charge is 0.226 e. The van der Waals surface area contributed by atoms with E-state index in [1.807, 2.05) is 18.0 Å². The molecular weight excluding hydrogens is 414 g/mol. The summed E-state index contributed by atoms with van der Waals surface area (Å²) in [5.41, 5.74) is 2.53. The number of amides is 1. The molecule has 0 spiro atoms. The van der Waals surface area contributed by atoms with Crippen LogP contribution >= 0.6 is 0 Å². The molecule has 180 valence electrons. The summed E-state index contributed by atoms with van der Waals surface area (Å²) < 4.78 is 5.42. The molecule has 3 atom stereocenters. The Hall–Kier alpha value is -2.34. The van der Waals surface area contributed by atoms with Gasteiger partial charge in [-0.2, -0.15) is 0 Å². The van der Waals surface area contributed by atoms with E-state index < -0.39 is 0 Å². The van der Waals surface area contributed by atoms with Crippen LogP contribution in [0.3, 0.4) is 0 Å². The molecule has 2 aliphatic rings. The molecule has 33 heavy (non-hydrogen) atoms. The number of nitrogens with zero attached hydrogens (tertiary/aromatic N) is 2. The zero-order valence-electron chi connectivity index (χ0n) is 20.2. The first kappa shape index (κ1) is 23.8. The summed E-state index contributed by atoms with van der Waals surface area (Å²) in [4.78, 5) is 32.1. The lowest BCUT2D eigenvalue weighted by atomic mass is 9.79. The predicted molar refractivity (Wildman–Crippen MR) is 132 cm³/mol. The maximum absolute atomic E-state index is 12.8. The maximum Gasteiger partial charge on any atom is 0.226 e. The van der Waals surface area contributed by atoms with E-state index in [9.17, 15) is 9.59 Å². The van der Waals surface area contributed by atoms with Gasteiger partial charge in [-0.1, -0.05) is 12.8 Å². The molecule has 2 fully saturated rings. The number of ether oxygens (including phenoxy) is 1. The lowest BCUT2D eigenvalue weighted by molar-refractivity contribution is -0.139. The van der Waals surface area contributed by atoms with Gasteiger partial charge in [-0.25, -0.2) is 0 Å². The highest BCUT2D eigenvalue weighted by atomic mass is 16.5. The van der Waals surface area contributed by atoms with Gasteiger partial charge in [-0.05, 0) is 81.8 Å². The molecule has 1 aliphatic carbocycles. The van der Waals surface area contributed by atoms with Crippen LogP contribution in [0.2, 0.25) is 0 Å². The van der Waals surface area contributed by atoms with Crippen LogP contribution in [0.4, 0.5) is 0 Å². The normalized spacial score (nSPS) is 23.6. The molecule has 1 saturated carbocycles. The zero-order chi connectivity index (χ0) is 23.2. The van der Waals surface area contributed by atoms with E-state index in [1.54, 1.807) is 7.11 Å². The van der Waals surface area contributed by atoms with Crippen LogP contribution in [0.15, 0.2) is 24.4 Å². The summed E-state index contributed by atoms with van der Waals surface area (Å²) in [7, 11) is 3.62. The Balaban J connectivity index is 1.25. The number of methoxy groups -OCH3 is 1. The Bertz CT molecular complexity index is 940. The molecule has 1 aromatic heterocycles. The number of aromatic nitrogens is 1. The number of carbonyl (C=O) groups is 2. The van der Waals surface area contributed by atoms with Crippen molar-refractivity contribution in [3.8, 4) is 5.75 Å². The van der Waals surface area contributed by atoms with Gasteiger partial charge in [0, 0.05) is 48.6 Å². The van der Waals surface area contributed by atoms with Crippen molar-refractivity contribution < 1.29 is 14.3 Å². The lowest BCUT2D eigenvalue weighted by Gasteiger charge is -2.30. The topological polar surface area (TPSA) is 65.6 Å². The van der Waals surface area contributed by atoms with Crippen LogP contribution in [0.25, 0.3) is 10.9 Å². The SMILES string of the molecule is COc1ccc2[nH]cc(CC3CCCN3CCCCN(C)C(=O)[C@@H]3CCCC[C@@H]3C=O)c2c1. The Kier molecular flexibility index (Phi) is 8.07. The van der Waals surface area contributed by atoms with Gasteiger partial charge in [0.1, 0.15) is 12.0 Å². The summed E-state index contributed by atoms with van der Waals surface area (Å²) in [5, 5.41) is 1.26. The van der Waals surface area contributed by atoms with Crippen LogP contribution in [-0.4, -0.2) is 66.8 Å². The number of hydrogen-bond donors (Lipinski definition) is 1. The summed E-state index contributed by atoms with van der Waals surface area (Å²) in [6, 6.07) is 6.80. The van der Waals surface area contributed by atoms with Crippen molar-refractivity contribution in [1.82, 2.24) is 14.8 Å². The van der Waals surface area contributed by atoms with Crippen molar-refractivity contribution >= 4 is 23.1 Å². The van der Waals surface area contributed by atoms with Crippen molar-refractivity contribution in [2.45, 2.75) is 63.8 Å². The van der Waals surface area contributed by atoms with Gasteiger partial charge in [0.2, 0.25) is 5.91 Å². The number of aromatic amines is 1. The highest BCUT2D eigenvalue weighted by Crippen LogP contribution is 2.30. The molecule has 0 radical (unpaired) electrons. The van der Waals surface area contributed by atoms with Crippen LogP contribution < -0.4 is 4.74 Å². The number of likely N-dealkylation sites (tertiary alicyclic amines) is 1. The standard InChI is InChI=1S/C27H39N3O3/c1-29(27(32)24-10-4-3-8-20(24)19-31)13-5-6-14-30-15-7-9-22(30)16-21-18-28-26-12-11-23(33-2)17-25(21)26/h11-12,17-20,22,24,28H,3-10,13-16H2,1-2H3/t20-,22?,24-/m1/s1. The van der Waals surface area contributed by atoms with Crippen molar-refractivity contribution in [1.29, 1.82) is 0 Å². The van der Waals surface area contributed by atoms with Crippen molar-refractivity contribution in [2.24, 2.45) is 11.8 Å². The lowest BCUT2D eigenvalue weighted by Crippen LogP contribution is -2.39. The highest BCUT2D eigenvalue weighted by molar-refractivity contribution is 5.84. The van der Waals surface area contributed by atoms with Gasteiger partial charge in [0.25, 0.3) is 0 Å². The summed E-state index contributed by atoms with van der Waals surface area (Å²) in [5.74, 6) is 0.890. The molecule has 1 unspecified atom stereocenters. The van der Waals surface area contributed by atoms with Crippen molar-refractivity contribution in [2.75, 3.05) is 33.8 Å². The number of fused-ring (bicyclic) bond motifs is 1. The summed E-state index contributed by atoms with van der Waals surface area (Å²) >= 11 is 0. The van der Waals surface area contributed by atoms with Gasteiger partial charge in [0.15, 0.2) is 0 Å². The second-order valence-electron chi connectivity index (χ2n) is 9.92. The third-order valence-corrected chi connectivity index (χ3v) is 7.81. The minimum absolute atomic E-state index is 0.0801. The zero-order valence-corrected chi connectivity index (χ0v) is 20.2. The first-order valence-corrected chi connectivity index (χ1v) is 12.7. The molecular formula is C27H39N3O3. The van der Waals surface area contributed by atoms with Crippen molar-refractivity contribution in [3.05, 3.63) is 30.0 Å². The Morgan fingerprint density at radius 3 is 2.88 bits per heavy atom. The minimum Gasteiger partial charge on any atom is -0.497 e. The van der Waals surface area contributed by atoms with Gasteiger partial charge in [-0.3, -0.25) is 4.79 Å². The van der Waals surface area contributed by atoms with E-state index >= 15 is 0 Å². The fourth-order valence-electron chi connectivity index (χ4n) is 5.81. The molecule has 1 amide bonds. The number of H-pyrrole nitrogens is 1. The van der Waals surface area contributed by atoms with Crippen molar-refractivity contribution in [3.63, 3.8) is 0 Å². The largest absolute Gasteiger partial charge is 0.497 e. The van der Waals surface area contributed by atoms with Crippen LogP contribution in [0.5, 0.6) is 5.75 Å². The quantitative estimate of drug-likeness (QED) is 0.427. The first-order chi connectivity index (χ1) is 16.1. The molecule has 2 aromatic rings. The number of benzene rings is 1. The first-order valence-electron chi connectivity index (χ1n) is 12.7. The molecule has 1 aromatic carbocycles. The molecule has 4 rings (SSSR count). The second kappa shape index (κ2) is 11.2. The number of rotatable bonds is 10. The highest BCUT2D eigenvalue weighted by Gasteiger charge is 2.32. The summed E-state index contributed by atoms with van der Waals surface area (Å²) in [6.45, 7) is 3.02. The molecule has 1 aliphatic heterocycles. The van der Waals surface area contributed by atoms with Gasteiger partial charge in [-0.15, -0.1) is 0 Å². The van der Waals surface area contributed by atoms with E-state index in [0.717, 1.165) is 82.1 Å². The average Bonchev–Trinajstić information content (AvgIpc) is 3.47. The Morgan fingerprint density at radius 2 is 2.06 bits per heavy atom.